The topological polar surface area (TPSA) is 75.7 Å². The molecule has 1 aliphatic heterocycles. The maximum atomic E-state index is 12.8. The predicted molar refractivity (Wildman–Crippen MR) is 100 cm³/mol. The van der Waals surface area contributed by atoms with Crippen molar-refractivity contribution in [2.24, 2.45) is 0 Å². The summed E-state index contributed by atoms with van der Waals surface area (Å²) in [5.41, 5.74) is 1.11. The first-order chi connectivity index (χ1) is 12.4. The molecule has 1 aliphatic rings. The van der Waals surface area contributed by atoms with E-state index in [0.29, 0.717) is 42.5 Å². The third kappa shape index (κ3) is 4.00. The fourth-order valence-electron chi connectivity index (χ4n) is 2.76. The maximum Gasteiger partial charge on any atom is 0.262 e. The number of hydrogen-bond donors (Lipinski definition) is 1. The first-order valence-corrected chi connectivity index (χ1v) is 9.99. The Morgan fingerprint density at radius 2 is 1.85 bits per heavy atom. The summed E-state index contributed by atoms with van der Waals surface area (Å²) in [4.78, 5) is 14.5. The first kappa shape index (κ1) is 18.7. The number of para-hydroxylation sites is 1. The Hall–Kier alpha value is -2.09. The van der Waals surface area contributed by atoms with E-state index in [1.165, 1.54) is 6.07 Å². The summed E-state index contributed by atoms with van der Waals surface area (Å²) >= 11 is 5.94. The molecule has 1 saturated heterocycles. The number of sulfonamides is 1. The zero-order valence-electron chi connectivity index (χ0n) is 14.2. The number of morpholine rings is 1. The van der Waals surface area contributed by atoms with E-state index >= 15 is 0 Å². The summed E-state index contributed by atoms with van der Waals surface area (Å²) in [6.45, 7) is 3.60. The number of nitrogens with one attached hydrogen (secondary N) is 1. The molecule has 1 amide bonds. The van der Waals surface area contributed by atoms with E-state index in [9.17, 15) is 13.2 Å². The largest absolute Gasteiger partial charge is 0.378 e. The van der Waals surface area contributed by atoms with Crippen LogP contribution in [0, 0.1) is 6.92 Å². The van der Waals surface area contributed by atoms with Crippen molar-refractivity contribution in [3.05, 3.63) is 58.6 Å². The molecule has 3 rings (SSSR count). The molecule has 0 aliphatic carbocycles. The highest BCUT2D eigenvalue weighted by atomic mass is 35.5. The second-order valence-electron chi connectivity index (χ2n) is 5.97. The molecule has 0 bridgehead atoms. The van der Waals surface area contributed by atoms with Crippen molar-refractivity contribution in [3.8, 4) is 0 Å². The van der Waals surface area contributed by atoms with Crippen LogP contribution in [-0.2, 0) is 14.8 Å². The van der Waals surface area contributed by atoms with E-state index in [0.717, 1.165) is 0 Å². The van der Waals surface area contributed by atoms with E-state index in [1.807, 2.05) is 0 Å². The second-order valence-corrected chi connectivity index (χ2v) is 8.05. The maximum absolute atomic E-state index is 12.8. The van der Waals surface area contributed by atoms with Crippen molar-refractivity contribution >= 4 is 33.2 Å². The van der Waals surface area contributed by atoms with Crippen molar-refractivity contribution < 1.29 is 17.9 Å². The van der Waals surface area contributed by atoms with Gasteiger partial charge in [0.05, 0.1) is 29.4 Å². The minimum atomic E-state index is -3.88. The molecule has 0 aromatic heterocycles. The highest BCUT2D eigenvalue weighted by Gasteiger charge is 2.24. The molecule has 0 atom stereocenters. The molecule has 6 nitrogen and oxygen atoms in total. The minimum absolute atomic E-state index is 0.0821. The normalized spacial score (nSPS) is 14.9. The van der Waals surface area contributed by atoms with Crippen LogP contribution in [0.4, 0.5) is 5.69 Å². The Labute approximate surface area is 157 Å². The predicted octanol–water partition coefficient (Wildman–Crippen LogP) is 2.92. The molecule has 0 radical (unpaired) electrons. The smallest absolute Gasteiger partial charge is 0.262 e. The molecule has 26 heavy (non-hydrogen) atoms. The van der Waals surface area contributed by atoms with Gasteiger partial charge in [-0.2, -0.15) is 0 Å². The number of hydrogen-bond acceptors (Lipinski definition) is 4. The van der Waals surface area contributed by atoms with Crippen LogP contribution in [0.25, 0.3) is 0 Å². The molecular formula is C18H19ClN2O4S. The van der Waals surface area contributed by atoms with Crippen molar-refractivity contribution in [1.82, 2.24) is 4.90 Å². The molecule has 1 heterocycles. The molecule has 8 heteroatoms. The van der Waals surface area contributed by atoms with Gasteiger partial charge in [-0.05, 0) is 36.8 Å². The van der Waals surface area contributed by atoms with E-state index in [-0.39, 0.29) is 16.5 Å². The number of carbonyl (C=O) groups excluding carboxylic acids is 1. The number of halogens is 1. The SMILES string of the molecule is Cc1ccc(Cl)cc1S(=O)(=O)Nc1ccccc1C(=O)N1CCOCC1. The second kappa shape index (κ2) is 7.65. The van der Waals surface area contributed by atoms with Gasteiger partial charge in [0.1, 0.15) is 0 Å². The van der Waals surface area contributed by atoms with Crippen molar-refractivity contribution in [2.45, 2.75) is 11.8 Å². The molecule has 0 unspecified atom stereocenters. The Kier molecular flexibility index (Phi) is 5.50. The van der Waals surface area contributed by atoms with Gasteiger partial charge in [0.2, 0.25) is 0 Å². The van der Waals surface area contributed by atoms with Gasteiger partial charge in [0.15, 0.2) is 0 Å². The van der Waals surface area contributed by atoms with Gasteiger partial charge in [-0.1, -0.05) is 29.8 Å². The van der Waals surface area contributed by atoms with Crippen molar-refractivity contribution in [1.29, 1.82) is 0 Å². The van der Waals surface area contributed by atoms with Gasteiger partial charge in [-0.25, -0.2) is 8.42 Å². The number of aryl methyl sites for hydroxylation is 1. The van der Waals surface area contributed by atoms with Crippen LogP contribution in [0.3, 0.4) is 0 Å². The summed E-state index contributed by atoms with van der Waals surface area (Å²) in [5.74, 6) is -0.227. The Morgan fingerprint density at radius 3 is 2.58 bits per heavy atom. The van der Waals surface area contributed by atoms with Crippen LogP contribution < -0.4 is 4.72 Å². The molecule has 2 aromatic carbocycles. The molecule has 1 N–H and O–H groups in total. The fraction of sp³-hybridized carbons (Fsp3) is 0.278. The summed E-state index contributed by atoms with van der Waals surface area (Å²) in [6.07, 6.45) is 0. The molecule has 138 valence electrons. The van der Waals surface area contributed by atoms with Crippen LogP contribution >= 0.6 is 11.6 Å². The average molecular weight is 395 g/mol. The molecule has 1 fully saturated rings. The summed E-state index contributed by atoms with van der Waals surface area (Å²) in [5, 5.41) is 0.327. The number of carbonyl (C=O) groups is 1. The number of benzene rings is 2. The van der Waals surface area contributed by atoms with Crippen LogP contribution in [0.2, 0.25) is 5.02 Å². The Balaban J connectivity index is 1.93. The van der Waals surface area contributed by atoms with Crippen LogP contribution in [-0.4, -0.2) is 45.5 Å². The number of amides is 1. The lowest BCUT2D eigenvalue weighted by Gasteiger charge is -2.27. The van der Waals surface area contributed by atoms with Crippen LogP contribution in [0.1, 0.15) is 15.9 Å². The van der Waals surface area contributed by atoms with Gasteiger partial charge in [-0.3, -0.25) is 9.52 Å². The van der Waals surface area contributed by atoms with E-state index in [1.54, 1.807) is 48.2 Å². The van der Waals surface area contributed by atoms with Gasteiger partial charge in [0.25, 0.3) is 15.9 Å². The Morgan fingerprint density at radius 1 is 1.15 bits per heavy atom. The molecule has 0 saturated carbocycles. The lowest BCUT2D eigenvalue weighted by molar-refractivity contribution is 0.0303. The minimum Gasteiger partial charge on any atom is -0.378 e. The van der Waals surface area contributed by atoms with E-state index in [2.05, 4.69) is 4.72 Å². The third-order valence-corrected chi connectivity index (χ3v) is 5.88. The molecule has 2 aromatic rings. The van der Waals surface area contributed by atoms with Gasteiger partial charge >= 0.3 is 0 Å². The zero-order valence-corrected chi connectivity index (χ0v) is 15.8. The van der Waals surface area contributed by atoms with Crippen LogP contribution in [0.5, 0.6) is 0 Å². The van der Waals surface area contributed by atoms with Gasteiger partial charge < -0.3 is 9.64 Å². The average Bonchev–Trinajstić information content (AvgIpc) is 2.64. The standard InChI is InChI=1S/C18H19ClN2O4S/c1-13-6-7-14(19)12-17(13)26(23,24)20-16-5-3-2-4-15(16)18(22)21-8-10-25-11-9-21/h2-7,12,20H,8-11H2,1H3. The van der Waals surface area contributed by atoms with Crippen LogP contribution in [0.15, 0.2) is 47.4 Å². The summed E-state index contributed by atoms with van der Waals surface area (Å²) in [7, 11) is -3.88. The number of ether oxygens (including phenoxy) is 1. The number of rotatable bonds is 4. The highest BCUT2D eigenvalue weighted by Crippen LogP contribution is 2.25. The quantitative estimate of drug-likeness (QED) is 0.865. The number of anilines is 1. The van der Waals surface area contributed by atoms with E-state index in [4.69, 9.17) is 16.3 Å². The fourth-order valence-corrected chi connectivity index (χ4v) is 4.35. The third-order valence-electron chi connectivity index (χ3n) is 4.14. The Bertz CT molecular complexity index is 925. The monoisotopic (exact) mass is 394 g/mol. The number of nitrogens with zero attached hydrogens (tertiary/aromatic N) is 1. The van der Waals surface area contributed by atoms with Crippen molar-refractivity contribution in [3.63, 3.8) is 0 Å². The van der Waals surface area contributed by atoms with Gasteiger partial charge in [-0.15, -0.1) is 0 Å². The lowest BCUT2D eigenvalue weighted by Crippen LogP contribution is -2.41. The van der Waals surface area contributed by atoms with E-state index < -0.39 is 10.0 Å². The lowest BCUT2D eigenvalue weighted by atomic mass is 10.1. The van der Waals surface area contributed by atoms with Gasteiger partial charge in [0, 0.05) is 18.1 Å². The molecule has 0 spiro atoms. The first-order valence-electron chi connectivity index (χ1n) is 8.13. The molecular weight excluding hydrogens is 376 g/mol. The highest BCUT2D eigenvalue weighted by molar-refractivity contribution is 7.92. The summed E-state index contributed by atoms with van der Waals surface area (Å²) < 4.78 is 33.4. The summed E-state index contributed by atoms with van der Waals surface area (Å²) in [6, 6.07) is 11.2. The van der Waals surface area contributed by atoms with Crippen molar-refractivity contribution in [2.75, 3.05) is 31.0 Å². The zero-order chi connectivity index (χ0) is 18.7.